The second-order valence-corrected chi connectivity index (χ2v) is 7.40. The largest absolute Gasteiger partial charge is 0.462 e. The zero-order valence-electron chi connectivity index (χ0n) is 17.5. The van der Waals surface area contributed by atoms with Gasteiger partial charge in [-0.15, -0.1) is 0 Å². The van der Waals surface area contributed by atoms with Crippen LogP contribution in [0.5, 0.6) is 0 Å². The lowest BCUT2D eigenvalue weighted by Crippen LogP contribution is -2.28. The number of carbonyl (C=O) groups excluding carboxylic acids is 2. The van der Waals surface area contributed by atoms with Gasteiger partial charge in [-0.25, -0.2) is 19.7 Å². The summed E-state index contributed by atoms with van der Waals surface area (Å²) >= 11 is 5.91. The number of hydrogen-bond acceptors (Lipinski definition) is 7. The molecule has 0 radical (unpaired) electrons. The molecule has 2 aromatic heterocycles. The number of anilines is 1. The molecule has 0 spiro atoms. The Labute approximate surface area is 193 Å². The molecule has 0 aliphatic carbocycles. The van der Waals surface area contributed by atoms with Crippen molar-refractivity contribution in [3.63, 3.8) is 0 Å². The van der Waals surface area contributed by atoms with Crippen LogP contribution in [-0.2, 0) is 16.1 Å². The van der Waals surface area contributed by atoms with Crippen LogP contribution in [0.3, 0.4) is 0 Å². The van der Waals surface area contributed by atoms with E-state index < -0.39 is 17.4 Å². The van der Waals surface area contributed by atoms with Gasteiger partial charge in [0.05, 0.1) is 12.2 Å². The fraction of sp³-hybridized carbons (Fsp3) is 0.130. The number of amides is 1. The first-order chi connectivity index (χ1) is 15.9. The molecular formula is C23H18ClN5O4. The van der Waals surface area contributed by atoms with Crippen molar-refractivity contribution in [2.45, 2.75) is 13.5 Å². The molecule has 0 fully saturated rings. The number of hydrogen-bond donors (Lipinski definition) is 1. The highest BCUT2D eigenvalue weighted by Gasteiger charge is 2.12. The third-order valence-corrected chi connectivity index (χ3v) is 4.93. The number of carbonyl (C=O) groups is 2. The van der Waals surface area contributed by atoms with Crippen LogP contribution in [0.2, 0.25) is 5.02 Å². The van der Waals surface area contributed by atoms with Crippen molar-refractivity contribution in [1.82, 2.24) is 19.5 Å². The number of aromatic nitrogens is 4. The van der Waals surface area contributed by atoms with Gasteiger partial charge in [0.2, 0.25) is 5.91 Å². The van der Waals surface area contributed by atoms with E-state index in [4.69, 9.17) is 16.3 Å². The Bertz CT molecular complexity index is 1390. The maximum Gasteiger partial charge on any atom is 0.338 e. The highest BCUT2D eigenvalue weighted by atomic mass is 35.5. The van der Waals surface area contributed by atoms with Gasteiger partial charge >= 0.3 is 5.97 Å². The van der Waals surface area contributed by atoms with Crippen LogP contribution in [-0.4, -0.2) is 38.0 Å². The molecule has 0 bridgehead atoms. The molecule has 1 amide bonds. The number of fused-ring (bicyclic) bond motifs is 1. The SMILES string of the molecule is CCOC(=O)c1ccc(NC(=O)Cn2cnc3nc(-c4ccc(Cl)cc4)ncc3c2=O)cc1. The number of nitrogens with one attached hydrogen (secondary N) is 1. The van der Waals surface area contributed by atoms with Crippen molar-refractivity contribution in [2.75, 3.05) is 11.9 Å². The smallest absolute Gasteiger partial charge is 0.338 e. The average molecular weight is 464 g/mol. The second kappa shape index (κ2) is 9.58. The van der Waals surface area contributed by atoms with Gasteiger partial charge in [-0.05, 0) is 55.5 Å². The molecule has 10 heteroatoms. The van der Waals surface area contributed by atoms with Crippen LogP contribution in [0.15, 0.2) is 65.8 Å². The van der Waals surface area contributed by atoms with E-state index in [1.807, 2.05) is 0 Å². The molecule has 166 valence electrons. The van der Waals surface area contributed by atoms with E-state index in [1.54, 1.807) is 55.5 Å². The van der Waals surface area contributed by atoms with E-state index >= 15 is 0 Å². The Morgan fingerprint density at radius 2 is 1.79 bits per heavy atom. The van der Waals surface area contributed by atoms with Gasteiger partial charge < -0.3 is 10.1 Å². The van der Waals surface area contributed by atoms with E-state index in [1.165, 1.54) is 17.1 Å². The van der Waals surface area contributed by atoms with Gasteiger partial charge in [-0.2, -0.15) is 0 Å². The first kappa shape index (κ1) is 22.1. The number of ether oxygens (including phenoxy) is 1. The van der Waals surface area contributed by atoms with Crippen LogP contribution in [0, 0.1) is 0 Å². The lowest BCUT2D eigenvalue weighted by molar-refractivity contribution is -0.116. The predicted octanol–water partition coefficient (Wildman–Crippen LogP) is 3.32. The normalized spacial score (nSPS) is 10.7. The third kappa shape index (κ3) is 5.04. The average Bonchev–Trinajstić information content (AvgIpc) is 2.82. The molecular weight excluding hydrogens is 446 g/mol. The van der Waals surface area contributed by atoms with Crippen LogP contribution in [0.4, 0.5) is 5.69 Å². The molecule has 4 aromatic rings. The zero-order valence-corrected chi connectivity index (χ0v) is 18.2. The summed E-state index contributed by atoms with van der Waals surface area (Å²) in [5.41, 5.74) is 1.39. The van der Waals surface area contributed by atoms with Gasteiger partial charge in [0.25, 0.3) is 5.56 Å². The molecule has 0 aliphatic rings. The van der Waals surface area contributed by atoms with Crippen LogP contribution in [0.1, 0.15) is 17.3 Å². The summed E-state index contributed by atoms with van der Waals surface area (Å²) in [6, 6.07) is 13.2. The molecule has 0 saturated carbocycles. The Morgan fingerprint density at radius 1 is 1.06 bits per heavy atom. The minimum absolute atomic E-state index is 0.196. The van der Waals surface area contributed by atoms with Crippen molar-refractivity contribution in [1.29, 1.82) is 0 Å². The number of rotatable bonds is 6. The van der Waals surface area contributed by atoms with Crippen LogP contribution in [0.25, 0.3) is 22.4 Å². The summed E-state index contributed by atoms with van der Waals surface area (Å²) in [6.45, 7) is 1.75. The van der Waals surface area contributed by atoms with Gasteiger partial charge in [-0.1, -0.05) is 11.6 Å². The molecule has 0 saturated heterocycles. The quantitative estimate of drug-likeness (QED) is 0.436. The number of benzene rings is 2. The van der Waals surface area contributed by atoms with Crippen molar-refractivity contribution >= 4 is 40.2 Å². The van der Waals surface area contributed by atoms with Gasteiger partial charge in [0.15, 0.2) is 11.5 Å². The summed E-state index contributed by atoms with van der Waals surface area (Å²) < 4.78 is 6.10. The maximum absolute atomic E-state index is 12.8. The minimum Gasteiger partial charge on any atom is -0.462 e. The topological polar surface area (TPSA) is 116 Å². The Hall–Kier alpha value is -4.11. The highest BCUT2D eigenvalue weighted by molar-refractivity contribution is 6.30. The zero-order chi connectivity index (χ0) is 23.4. The molecule has 1 N–H and O–H groups in total. The first-order valence-corrected chi connectivity index (χ1v) is 10.4. The molecule has 33 heavy (non-hydrogen) atoms. The molecule has 9 nitrogen and oxygen atoms in total. The summed E-state index contributed by atoms with van der Waals surface area (Å²) in [4.78, 5) is 49.7. The third-order valence-electron chi connectivity index (χ3n) is 4.68. The second-order valence-electron chi connectivity index (χ2n) is 6.96. The monoisotopic (exact) mass is 463 g/mol. The maximum atomic E-state index is 12.8. The fourth-order valence-corrected chi connectivity index (χ4v) is 3.19. The summed E-state index contributed by atoms with van der Waals surface area (Å²) in [7, 11) is 0. The van der Waals surface area contributed by atoms with Crippen molar-refractivity contribution in [2.24, 2.45) is 0 Å². The first-order valence-electron chi connectivity index (χ1n) is 10.00. The number of esters is 1. The Morgan fingerprint density at radius 3 is 2.48 bits per heavy atom. The van der Waals surface area contributed by atoms with E-state index in [0.29, 0.717) is 22.1 Å². The van der Waals surface area contributed by atoms with Gasteiger partial charge in [0, 0.05) is 22.5 Å². The lowest BCUT2D eigenvalue weighted by Gasteiger charge is -2.09. The van der Waals surface area contributed by atoms with E-state index in [0.717, 1.165) is 5.56 Å². The number of halogens is 1. The molecule has 0 aliphatic heterocycles. The van der Waals surface area contributed by atoms with Gasteiger partial charge in [-0.3, -0.25) is 14.2 Å². The van der Waals surface area contributed by atoms with Crippen molar-refractivity contribution in [3.8, 4) is 11.4 Å². The minimum atomic E-state index is -0.439. The molecule has 2 aromatic carbocycles. The van der Waals surface area contributed by atoms with Crippen molar-refractivity contribution in [3.05, 3.63) is 82.0 Å². The molecule has 2 heterocycles. The van der Waals surface area contributed by atoms with Crippen molar-refractivity contribution < 1.29 is 14.3 Å². The summed E-state index contributed by atoms with van der Waals surface area (Å²) in [6.07, 6.45) is 2.66. The molecule has 0 unspecified atom stereocenters. The summed E-state index contributed by atoms with van der Waals surface area (Å²) in [5, 5.41) is 3.47. The van der Waals surface area contributed by atoms with Crippen LogP contribution < -0.4 is 10.9 Å². The predicted molar refractivity (Wildman–Crippen MR) is 123 cm³/mol. The fourth-order valence-electron chi connectivity index (χ4n) is 3.06. The highest BCUT2D eigenvalue weighted by Crippen LogP contribution is 2.19. The van der Waals surface area contributed by atoms with E-state index in [9.17, 15) is 14.4 Å². The molecule has 0 atom stereocenters. The van der Waals surface area contributed by atoms with Gasteiger partial charge in [0.1, 0.15) is 18.3 Å². The molecule has 4 rings (SSSR count). The van der Waals surface area contributed by atoms with E-state index in [-0.39, 0.29) is 24.2 Å². The lowest BCUT2D eigenvalue weighted by atomic mass is 10.2. The number of nitrogens with zero attached hydrogens (tertiary/aromatic N) is 4. The van der Waals surface area contributed by atoms with Crippen LogP contribution >= 0.6 is 11.6 Å². The van der Waals surface area contributed by atoms with E-state index in [2.05, 4.69) is 20.3 Å². The Balaban J connectivity index is 1.49. The Kier molecular flexibility index (Phi) is 6.41. The summed E-state index contributed by atoms with van der Waals surface area (Å²) in [5.74, 6) is -0.459. The standard InChI is InChI=1S/C23H18ClN5O4/c1-2-33-23(32)15-5-9-17(10-6-15)27-19(30)12-29-13-26-21-18(22(29)31)11-25-20(28-21)14-3-7-16(24)8-4-14/h3-11,13H,2,12H2,1H3,(H,27,30).